The Bertz CT molecular complexity index is 1170. The average molecular weight is 940 g/mol. The van der Waals surface area contributed by atoms with Gasteiger partial charge in [0.25, 0.3) is 0 Å². The van der Waals surface area contributed by atoms with Crippen LogP contribution < -0.4 is 0 Å². The summed E-state index contributed by atoms with van der Waals surface area (Å²) in [6, 6.07) is 0. The lowest BCUT2D eigenvalue weighted by Crippen LogP contribution is -2.30. The van der Waals surface area contributed by atoms with Crippen LogP contribution in [0.3, 0.4) is 0 Å². The van der Waals surface area contributed by atoms with Crippen LogP contribution in [0.25, 0.3) is 0 Å². The van der Waals surface area contributed by atoms with Gasteiger partial charge in [0.2, 0.25) is 0 Å². The Morgan fingerprint density at radius 2 is 0.537 bits per heavy atom. The quantitative estimate of drug-likeness (QED) is 0.0262. The fraction of sp³-hybridized carbons (Fsp3) is 0.820. The molecule has 0 rings (SSSR count). The molecule has 0 fully saturated rings. The van der Waals surface area contributed by atoms with E-state index in [4.69, 9.17) is 14.2 Å². The molecule has 0 bridgehead atoms. The highest BCUT2D eigenvalue weighted by molar-refractivity contribution is 5.71. The molecule has 0 aliphatic carbocycles. The predicted octanol–water partition coefficient (Wildman–Crippen LogP) is 19.4. The molecule has 67 heavy (non-hydrogen) atoms. The van der Waals surface area contributed by atoms with Crippen molar-refractivity contribution in [1.29, 1.82) is 0 Å². The topological polar surface area (TPSA) is 78.9 Å². The van der Waals surface area contributed by atoms with Crippen molar-refractivity contribution in [2.75, 3.05) is 13.2 Å². The van der Waals surface area contributed by atoms with Gasteiger partial charge in [0, 0.05) is 19.3 Å². The number of hydrogen-bond acceptors (Lipinski definition) is 6. The van der Waals surface area contributed by atoms with Crippen molar-refractivity contribution < 1.29 is 28.6 Å². The second-order valence-corrected chi connectivity index (χ2v) is 19.6. The minimum absolute atomic E-state index is 0.0805. The third kappa shape index (κ3) is 54.2. The van der Waals surface area contributed by atoms with Crippen molar-refractivity contribution >= 4 is 17.9 Å². The van der Waals surface area contributed by atoms with Crippen LogP contribution in [-0.2, 0) is 28.6 Å². The molecule has 6 heteroatoms. The molecule has 0 spiro atoms. The van der Waals surface area contributed by atoms with Crippen LogP contribution in [0.1, 0.15) is 303 Å². The van der Waals surface area contributed by atoms with Crippen LogP contribution in [0.2, 0.25) is 0 Å². The Morgan fingerprint density at radius 1 is 0.299 bits per heavy atom. The smallest absolute Gasteiger partial charge is 0.306 e. The summed E-state index contributed by atoms with van der Waals surface area (Å²) in [5.74, 6) is -0.892. The first-order valence-corrected chi connectivity index (χ1v) is 29.1. The van der Waals surface area contributed by atoms with E-state index in [0.717, 1.165) is 83.5 Å². The van der Waals surface area contributed by atoms with E-state index in [1.165, 1.54) is 180 Å². The molecule has 0 aliphatic rings. The van der Waals surface area contributed by atoms with Crippen molar-refractivity contribution in [3.63, 3.8) is 0 Å². The maximum absolute atomic E-state index is 12.8. The van der Waals surface area contributed by atoms with Crippen LogP contribution in [0.5, 0.6) is 0 Å². The maximum Gasteiger partial charge on any atom is 0.306 e. The first kappa shape index (κ1) is 64.4. The Hall–Kier alpha value is -2.63. The van der Waals surface area contributed by atoms with Gasteiger partial charge >= 0.3 is 17.9 Å². The number of unbranched alkanes of at least 4 members (excludes halogenated alkanes) is 34. The highest BCUT2D eigenvalue weighted by Crippen LogP contribution is 2.16. The van der Waals surface area contributed by atoms with Gasteiger partial charge < -0.3 is 14.2 Å². The molecular formula is C61H110O6. The van der Waals surface area contributed by atoms with E-state index in [-0.39, 0.29) is 31.1 Å². The van der Waals surface area contributed by atoms with E-state index >= 15 is 0 Å². The molecular weight excluding hydrogens is 829 g/mol. The van der Waals surface area contributed by atoms with Gasteiger partial charge in [0.1, 0.15) is 13.2 Å². The summed E-state index contributed by atoms with van der Waals surface area (Å²) in [5.41, 5.74) is 0. The molecule has 0 heterocycles. The number of rotatable bonds is 53. The molecule has 0 saturated carbocycles. The Labute approximate surface area is 416 Å². The van der Waals surface area contributed by atoms with E-state index in [0.29, 0.717) is 19.3 Å². The van der Waals surface area contributed by atoms with Gasteiger partial charge in [-0.2, -0.15) is 0 Å². The third-order valence-electron chi connectivity index (χ3n) is 12.8. The molecule has 0 saturated heterocycles. The molecule has 1 atom stereocenters. The standard InChI is InChI=1S/C61H110O6/c1-4-7-10-13-16-19-22-25-28-30-33-36-39-42-45-48-51-54-60(63)66-57-58(56-65-59(62)53-50-47-44-41-38-35-32-27-24-21-18-15-12-9-6-3)67-61(64)55-52-49-46-43-40-37-34-31-29-26-23-20-17-14-11-8-5-2/h17,20-21,24,26,29,34,37,58H,4-16,18-19,22-23,25,27-28,30-33,35-36,38-57H2,1-3H3/b20-17-,24-21-,29-26-,37-34-/t58-/m1/s1. The van der Waals surface area contributed by atoms with Crippen LogP contribution in [0.15, 0.2) is 48.6 Å². The summed E-state index contributed by atoms with van der Waals surface area (Å²) < 4.78 is 16.9. The fourth-order valence-electron chi connectivity index (χ4n) is 8.39. The summed E-state index contributed by atoms with van der Waals surface area (Å²) >= 11 is 0. The monoisotopic (exact) mass is 939 g/mol. The normalized spacial score (nSPS) is 12.3. The molecule has 6 nitrogen and oxygen atoms in total. The van der Waals surface area contributed by atoms with E-state index in [2.05, 4.69) is 69.4 Å². The number of allylic oxidation sites excluding steroid dienone is 8. The van der Waals surface area contributed by atoms with Gasteiger partial charge in [-0.05, 0) is 83.5 Å². The molecule has 0 amide bonds. The largest absolute Gasteiger partial charge is 0.462 e. The zero-order valence-electron chi connectivity index (χ0n) is 44.7. The van der Waals surface area contributed by atoms with Gasteiger partial charge in [-0.1, -0.05) is 249 Å². The summed E-state index contributed by atoms with van der Waals surface area (Å²) in [6.07, 6.45) is 68.1. The first-order chi connectivity index (χ1) is 33.0. The Morgan fingerprint density at radius 3 is 0.896 bits per heavy atom. The van der Waals surface area contributed by atoms with Gasteiger partial charge in [-0.25, -0.2) is 0 Å². The maximum atomic E-state index is 12.8. The lowest BCUT2D eigenvalue weighted by Gasteiger charge is -2.18. The number of ether oxygens (including phenoxy) is 3. The second kappa shape index (κ2) is 56.0. The minimum atomic E-state index is -0.784. The first-order valence-electron chi connectivity index (χ1n) is 29.1. The lowest BCUT2D eigenvalue weighted by atomic mass is 10.0. The average Bonchev–Trinajstić information content (AvgIpc) is 3.33. The SMILES string of the molecule is CCCCC/C=C\C/C=C\C/C=C\CCCCCCC(=O)O[C@H](COC(=O)CCCCCCCCC/C=C\CCCCCC)COC(=O)CCCCCCCCCCCCCCCCCCC. The van der Waals surface area contributed by atoms with Crippen molar-refractivity contribution in [3.05, 3.63) is 48.6 Å². The zero-order chi connectivity index (χ0) is 48.6. The van der Waals surface area contributed by atoms with Crippen LogP contribution in [-0.4, -0.2) is 37.2 Å². The highest BCUT2D eigenvalue weighted by atomic mass is 16.6. The Balaban J connectivity index is 4.39. The van der Waals surface area contributed by atoms with E-state index < -0.39 is 6.10 Å². The van der Waals surface area contributed by atoms with Crippen molar-refractivity contribution in [2.24, 2.45) is 0 Å². The molecule has 0 aromatic rings. The van der Waals surface area contributed by atoms with Crippen molar-refractivity contribution in [2.45, 2.75) is 309 Å². The summed E-state index contributed by atoms with van der Waals surface area (Å²) in [7, 11) is 0. The molecule has 0 unspecified atom stereocenters. The summed E-state index contributed by atoms with van der Waals surface area (Å²) in [5, 5.41) is 0. The Kier molecular flexibility index (Phi) is 53.8. The summed E-state index contributed by atoms with van der Waals surface area (Å²) in [4.78, 5) is 38.2. The van der Waals surface area contributed by atoms with E-state index in [1.807, 2.05) is 0 Å². The van der Waals surface area contributed by atoms with E-state index in [9.17, 15) is 14.4 Å². The van der Waals surface area contributed by atoms with E-state index in [1.54, 1.807) is 0 Å². The molecule has 0 radical (unpaired) electrons. The third-order valence-corrected chi connectivity index (χ3v) is 12.8. The molecule has 0 aromatic carbocycles. The molecule has 0 N–H and O–H groups in total. The van der Waals surface area contributed by atoms with Crippen LogP contribution >= 0.6 is 0 Å². The van der Waals surface area contributed by atoms with Gasteiger partial charge in [-0.15, -0.1) is 0 Å². The predicted molar refractivity (Wildman–Crippen MR) is 289 cm³/mol. The van der Waals surface area contributed by atoms with Crippen LogP contribution in [0, 0.1) is 0 Å². The second-order valence-electron chi connectivity index (χ2n) is 19.6. The van der Waals surface area contributed by atoms with Gasteiger partial charge in [-0.3, -0.25) is 14.4 Å². The van der Waals surface area contributed by atoms with Gasteiger partial charge in [0.05, 0.1) is 0 Å². The number of carbonyl (C=O) groups excluding carboxylic acids is 3. The lowest BCUT2D eigenvalue weighted by molar-refractivity contribution is -0.167. The molecule has 390 valence electrons. The van der Waals surface area contributed by atoms with Crippen molar-refractivity contribution in [3.8, 4) is 0 Å². The van der Waals surface area contributed by atoms with Crippen molar-refractivity contribution in [1.82, 2.24) is 0 Å². The number of carbonyl (C=O) groups is 3. The summed E-state index contributed by atoms with van der Waals surface area (Å²) in [6.45, 7) is 6.61. The highest BCUT2D eigenvalue weighted by Gasteiger charge is 2.19. The fourth-order valence-corrected chi connectivity index (χ4v) is 8.39. The molecule has 0 aliphatic heterocycles. The zero-order valence-corrected chi connectivity index (χ0v) is 44.7. The number of hydrogen-bond donors (Lipinski definition) is 0. The van der Waals surface area contributed by atoms with Crippen LogP contribution in [0.4, 0.5) is 0 Å². The number of esters is 3. The minimum Gasteiger partial charge on any atom is -0.462 e. The van der Waals surface area contributed by atoms with Gasteiger partial charge in [0.15, 0.2) is 6.10 Å². The molecule has 0 aromatic heterocycles.